The highest BCUT2D eigenvalue weighted by Crippen LogP contribution is 2.37. The summed E-state index contributed by atoms with van der Waals surface area (Å²) in [6, 6.07) is 5.13. The van der Waals surface area contributed by atoms with Gasteiger partial charge in [0.2, 0.25) is 0 Å². The maximum absolute atomic E-state index is 10.9. The van der Waals surface area contributed by atoms with E-state index in [1.807, 2.05) is 6.07 Å². The van der Waals surface area contributed by atoms with E-state index in [4.69, 9.17) is 5.73 Å². The average molecular weight is 277 g/mol. The number of nitrogens with zero attached hydrogens (tertiary/aromatic N) is 2. The Kier molecular flexibility index (Phi) is 4.28. The maximum Gasteiger partial charge on any atom is 0.292 e. The lowest BCUT2D eigenvalue weighted by Gasteiger charge is -2.26. The van der Waals surface area contributed by atoms with Gasteiger partial charge >= 0.3 is 0 Å². The van der Waals surface area contributed by atoms with Crippen LogP contribution in [-0.4, -0.2) is 22.9 Å². The molecule has 2 N–H and O–H groups in total. The number of nitrogens with two attached hydrogens (primary N) is 1. The zero-order valence-electron chi connectivity index (χ0n) is 12.3. The van der Waals surface area contributed by atoms with E-state index in [1.165, 1.54) is 19.3 Å². The van der Waals surface area contributed by atoms with Crippen molar-refractivity contribution in [2.45, 2.75) is 39.7 Å². The molecular formula is C15H23N3O2. The Morgan fingerprint density at radius 1 is 1.40 bits per heavy atom. The second-order valence-corrected chi connectivity index (χ2v) is 5.82. The van der Waals surface area contributed by atoms with Gasteiger partial charge in [0.15, 0.2) is 0 Å². The predicted molar refractivity (Wildman–Crippen MR) is 80.4 cm³/mol. The molecule has 1 aliphatic rings. The molecule has 1 aliphatic heterocycles. The van der Waals surface area contributed by atoms with Crippen LogP contribution in [0.4, 0.5) is 11.4 Å². The second-order valence-electron chi connectivity index (χ2n) is 5.82. The number of benzene rings is 1. The average Bonchev–Trinajstić information content (AvgIpc) is 2.85. The van der Waals surface area contributed by atoms with Gasteiger partial charge in [-0.2, -0.15) is 0 Å². The molecular weight excluding hydrogens is 254 g/mol. The van der Waals surface area contributed by atoms with E-state index in [-0.39, 0.29) is 11.4 Å². The Morgan fingerprint density at radius 2 is 2.10 bits per heavy atom. The lowest BCUT2D eigenvalue weighted by Crippen LogP contribution is -2.26. The topological polar surface area (TPSA) is 72.4 Å². The van der Waals surface area contributed by atoms with E-state index in [1.54, 1.807) is 12.1 Å². The molecule has 0 spiro atoms. The standard InChI is InChI=1S/C15H23N3O2/c1-3-15(4-2)7-8-17(11-15)10-12-5-6-13(16)14(9-12)18(19)20/h5-6,9H,3-4,7-8,10-11,16H2,1-2H3. The monoisotopic (exact) mass is 277 g/mol. The maximum atomic E-state index is 10.9. The summed E-state index contributed by atoms with van der Waals surface area (Å²) in [5.41, 5.74) is 7.27. The van der Waals surface area contributed by atoms with E-state index < -0.39 is 4.92 Å². The summed E-state index contributed by atoms with van der Waals surface area (Å²) in [5.74, 6) is 0. The van der Waals surface area contributed by atoms with Crippen LogP contribution in [0.3, 0.4) is 0 Å². The van der Waals surface area contributed by atoms with Gasteiger partial charge in [0.25, 0.3) is 5.69 Å². The van der Waals surface area contributed by atoms with Crippen LogP contribution in [0.2, 0.25) is 0 Å². The minimum absolute atomic E-state index is 0.0129. The molecule has 1 aromatic rings. The van der Waals surface area contributed by atoms with Crippen molar-refractivity contribution in [3.63, 3.8) is 0 Å². The first-order valence-corrected chi connectivity index (χ1v) is 7.25. The number of nitrogen functional groups attached to an aromatic ring is 1. The molecule has 0 bridgehead atoms. The first-order chi connectivity index (χ1) is 9.49. The van der Waals surface area contributed by atoms with Gasteiger partial charge in [-0.25, -0.2) is 0 Å². The highest BCUT2D eigenvalue weighted by molar-refractivity contribution is 5.59. The number of rotatable bonds is 5. The molecule has 0 radical (unpaired) electrons. The summed E-state index contributed by atoms with van der Waals surface area (Å²) in [4.78, 5) is 12.9. The van der Waals surface area contributed by atoms with Crippen LogP contribution in [0.25, 0.3) is 0 Å². The minimum atomic E-state index is -0.412. The summed E-state index contributed by atoms with van der Waals surface area (Å²) in [5, 5.41) is 10.9. The molecule has 1 saturated heterocycles. The van der Waals surface area contributed by atoms with Crippen molar-refractivity contribution in [3.8, 4) is 0 Å². The molecule has 1 heterocycles. The Balaban J connectivity index is 2.08. The molecule has 2 rings (SSSR count). The van der Waals surface area contributed by atoms with E-state index in [9.17, 15) is 10.1 Å². The van der Waals surface area contributed by atoms with Crippen molar-refractivity contribution in [1.29, 1.82) is 0 Å². The van der Waals surface area contributed by atoms with Gasteiger partial charge in [-0.05, 0) is 42.9 Å². The molecule has 1 aromatic carbocycles. The third-order valence-corrected chi connectivity index (χ3v) is 4.72. The van der Waals surface area contributed by atoms with Crippen molar-refractivity contribution in [2.24, 2.45) is 5.41 Å². The molecule has 110 valence electrons. The third-order valence-electron chi connectivity index (χ3n) is 4.72. The molecule has 0 saturated carbocycles. The normalized spacial score (nSPS) is 18.3. The zero-order valence-corrected chi connectivity index (χ0v) is 12.3. The Labute approximate surface area is 119 Å². The van der Waals surface area contributed by atoms with Gasteiger partial charge in [-0.15, -0.1) is 0 Å². The lowest BCUT2D eigenvalue weighted by molar-refractivity contribution is -0.384. The number of likely N-dealkylation sites (tertiary alicyclic amines) is 1. The molecule has 0 aromatic heterocycles. The number of nitro benzene ring substituents is 1. The summed E-state index contributed by atoms with van der Waals surface area (Å²) < 4.78 is 0. The third kappa shape index (κ3) is 2.93. The van der Waals surface area contributed by atoms with Crippen LogP contribution in [0.15, 0.2) is 18.2 Å². The molecule has 0 atom stereocenters. The fourth-order valence-electron chi connectivity index (χ4n) is 3.09. The SMILES string of the molecule is CCC1(CC)CCN(Cc2ccc(N)c([N+](=O)[O-])c2)C1. The molecule has 0 amide bonds. The Morgan fingerprint density at radius 3 is 2.65 bits per heavy atom. The Hall–Kier alpha value is -1.62. The number of anilines is 1. The second kappa shape index (κ2) is 5.79. The molecule has 20 heavy (non-hydrogen) atoms. The van der Waals surface area contributed by atoms with Gasteiger partial charge < -0.3 is 5.73 Å². The van der Waals surface area contributed by atoms with Crippen LogP contribution < -0.4 is 5.73 Å². The molecule has 5 nitrogen and oxygen atoms in total. The smallest absolute Gasteiger partial charge is 0.292 e. The van der Waals surface area contributed by atoms with Crippen LogP contribution >= 0.6 is 0 Å². The molecule has 5 heteroatoms. The summed E-state index contributed by atoms with van der Waals surface area (Å²) >= 11 is 0. The van der Waals surface area contributed by atoms with Crippen molar-refractivity contribution >= 4 is 11.4 Å². The number of nitro groups is 1. The number of hydrogen-bond donors (Lipinski definition) is 1. The molecule has 1 fully saturated rings. The van der Waals surface area contributed by atoms with Crippen LogP contribution in [0.5, 0.6) is 0 Å². The molecule has 0 aliphatic carbocycles. The van der Waals surface area contributed by atoms with E-state index in [0.717, 1.165) is 25.2 Å². The van der Waals surface area contributed by atoms with Crippen LogP contribution in [0, 0.1) is 15.5 Å². The first-order valence-electron chi connectivity index (χ1n) is 7.25. The van der Waals surface area contributed by atoms with Crippen molar-refractivity contribution in [3.05, 3.63) is 33.9 Å². The summed E-state index contributed by atoms with van der Waals surface area (Å²) in [6.07, 6.45) is 3.61. The van der Waals surface area contributed by atoms with Crippen molar-refractivity contribution < 1.29 is 4.92 Å². The fourth-order valence-corrected chi connectivity index (χ4v) is 3.09. The van der Waals surface area contributed by atoms with Crippen molar-refractivity contribution in [1.82, 2.24) is 4.90 Å². The predicted octanol–water partition coefficient (Wildman–Crippen LogP) is 3.19. The minimum Gasteiger partial charge on any atom is -0.393 e. The van der Waals surface area contributed by atoms with Gasteiger partial charge in [0, 0.05) is 19.2 Å². The van der Waals surface area contributed by atoms with Gasteiger partial charge in [-0.3, -0.25) is 15.0 Å². The largest absolute Gasteiger partial charge is 0.393 e. The van der Waals surface area contributed by atoms with Gasteiger partial charge in [0.05, 0.1) is 4.92 Å². The van der Waals surface area contributed by atoms with E-state index in [0.29, 0.717) is 5.41 Å². The summed E-state index contributed by atoms with van der Waals surface area (Å²) in [6.45, 7) is 7.42. The fraction of sp³-hybridized carbons (Fsp3) is 0.600. The van der Waals surface area contributed by atoms with Crippen LogP contribution in [0.1, 0.15) is 38.7 Å². The zero-order chi connectivity index (χ0) is 14.8. The van der Waals surface area contributed by atoms with E-state index in [2.05, 4.69) is 18.7 Å². The Bertz CT molecular complexity index is 498. The van der Waals surface area contributed by atoms with Crippen LogP contribution in [-0.2, 0) is 6.54 Å². The lowest BCUT2D eigenvalue weighted by atomic mass is 9.82. The summed E-state index contributed by atoms with van der Waals surface area (Å²) in [7, 11) is 0. The van der Waals surface area contributed by atoms with Crippen molar-refractivity contribution in [2.75, 3.05) is 18.8 Å². The van der Waals surface area contributed by atoms with Gasteiger partial charge in [-0.1, -0.05) is 19.9 Å². The highest BCUT2D eigenvalue weighted by atomic mass is 16.6. The molecule has 0 unspecified atom stereocenters. The number of hydrogen-bond acceptors (Lipinski definition) is 4. The van der Waals surface area contributed by atoms with Gasteiger partial charge in [0.1, 0.15) is 5.69 Å². The quantitative estimate of drug-likeness (QED) is 0.509. The first kappa shape index (κ1) is 14.8. The highest BCUT2D eigenvalue weighted by Gasteiger charge is 2.34. The van der Waals surface area contributed by atoms with E-state index >= 15 is 0 Å².